The molecule has 22 heavy (non-hydrogen) atoms. The molecular weight excluding hydrogens is 276 g/mol. The molecule has 0 fully saturated rings. The lowest BCUT2D eigenvalue weighted by Gasteiger charge is -2.08. The van der Waals surface area contributed by atoms with Gasteiger partial charge >= 0.3 is 0 Å². The molecule has 0 saturated heterocycles. The van der Waals surface area contributed by atoms with Gasteiger partial charge in [-0.2, -0.15) is 0 Å². The van der Waals surface area contributed by atoms with Crippen molar-refractivity contribution in [2.24, 2.45) is 0 Å². The summed E-state index contributed by atoms with van der Waals surface area (Å²) in [5.74, 6) is 1.00. The lowest BCUT2D eigenvalue weighted by molar-refractivity contribution is 0.257. The van der Waals surface area contributed by atoms with Crippen LogP contribution in [0.5, 0.6) is 5.75 Å². The lowest BCUT2D eigenvalue weighted by Crippen LogP contribution is -1.96. The van der Waals surface area contributed by atoms with E-state index in [0.29, 0.717) is 0 Å². The van der Waals surface area contributed by atoms with Crippen molar-refractivity contribution >= 4 is 10.8 Å². The summed E-state index contributed by atoms with van der Waals surface area (Å²) in [6.45, 7) is 3.48. The number of aliphatic hydroxyl groups excluding tert-OH is 2. The zero-order valence-electron chi connectivity index (χ0n) is 13.5. The molecule has 0 heterocycles. The molecule has 2 N–H and O–H groups in total. The number of fused-ring (bicyclic) bond motifs is 1. The Balaban J connectivity index is 0.000000295. The summed E-state index contributed by atoms with van der Waals surface area (Å²) in [6, 6.07) is 14.5. The summed E-state index contributed by atoms with van der Waals surface area (Å²) < 4.78 is 5.76. The first-order valence-corrected chi connectivity index (χ1v) is 8.15. The van der Waals surface area contributed by atoms with E-state index in [1.807, 2.05) is 12.1 Å². The average molecular weight is 304 g/mol. The van der Waals surface area contributed by atoms with E-state index in [0.717, 1.165) is 38.0 Å². The van der Waals surface area contributed by atoms with E-state index in [2.05, 4.69) is 37.3 Å². The maximum absolute atomic E-state index is 8.21. The van der Waals surface area contributed by atoms with Crippen molar-refractivity contribution in [1.82, 2.24) is 0 Å². The molecule has 3 nitrogen and oxygen atoms in total. The molecule has 0 saturated carbocycles. The van der Waals surface area contributed by atoms with Gasteiger partial charge in [-0.25, -0.2) is 0 Å². The van der Waals surface area contributed by atoms with Crippen molar-refractivity contribution in [3.63, 3.8) is 0 Å². The fourth-order valence-corrected chi connectivity index (χ4v) is 2.05. The Morgan fingerprint density at radius 1 is 0.818 bits per heavy atom. The van der Waals surface area contributed by atoms with E-state index in [1.54, 1.807) is 0 Å². The van der Waals surface area contributed by atoms with E-state index in [-0.39, 0.29) is 13.2 Å². The van der Waals surface area contributed by atoms with E-state index in [1.165, 1.54) is 17.2 Å². The topological polar surface area (TPSA) is 49.7 Å². The predicted molar refractivity (Wildman–Crippen MR) is 92.4 cm³/mol. The predicted octanol–water partition coefficient (Wildman–Crippen LogP) is 4.16. The molecule has 0 spiro atoms. The van der Waals surface area contributed by atoms with Gasteiger partial charge in [0.25, 0.3) is 0 Å². The Hall–Kier alpha value is -1.58. The number of hydrogen-bond acceptors (Lipinski definition) is 3. The van der Waals surface area contributed by atoms with Gasteiger partial charge in [0, 0.05) is 18.6 Å². The van der Waals surface area contributed by atoms with Crippen LogP contribution >= 0.6 is 0 Å². The Kier molecular flexibility index (Phi) is 10.1. The summed E-state index contributed by atoms with van der Waals surface area (Å²) in [4.78, 5) is 0. The Labute approximate surface area is 133 Å². The van der Waals surface area contributed by atoms with Gasteiger partial charge < -0.3 is 14.9 Å². The summed E-state index contributed by atoms with van der Waals surface area (Å²) in [5, 5.41) is 18.9. The molecule has 2 aromatic rings. The lowest BCUT2D eigenvalue weighted by atomic mass is 10.1. The summed E-state index contributed by atoms with van der Waals surface area (Å²) >= 11 is 0. The molecular formula is C19H28O3. The van der Waals surface area contributed by atoms with Crippen LogP contribution in [0.1, 0.15) is 39.0 Å². The maximum atomic E-state index is 8.21. The molecule has 0 aliphatic heterocycles. The smallest absolute Gasteiger partial charge is 0.127 e. The standard InChI is InChI=1S/C14H16O.C5H12O2/c1-2-3-11-15-14-10-6-8-12-7-4-5-9-13(12)14;6-4-2-1-3-5-7/h4-10H,2-3,11H2,1H3;6-7H,1-5H2. The molecule has 0 aliphatic rings. The van der Waals surface area contributed by atoms with Crippen LogP contribution in [0.2, 0.25) is 0 Å². The Morgan fingerprint density at radius 2 is 1.50 bits per heavy atom. The Morgan fingerprint density at radius 3 is 2.18 bits per heavy atom. The molecule has 0 unspecified atom stereocenters. The van der Waals surface area contributed by atoms with Crippen molar-refractivity contribution in [3.05, 3.63) is 42.5 Å². The SMILES string of the molecule is CCCCOc1cccc2ccccc12.OCCCCCO. The summed E-state index contributed by atoms with van der Waals surface area (Å²) in [7, 11) is 0. The highest BCUT2D eigenvalue weighted by Crippen LogP contribution is 2.25. The van der Waals surface area contributed by atoms with Gasteiger partial charge in [-0.05, 0) is 37.1 Å². The van der Waals surface area contributed by atoms with Crippen molar-refractivity contribution in [2.75, 3.05) is 19.8 Å². The number of benzene rings is 2. The van der Waals surface area contributed by atoms with E-state index < -0.39 is 0 Å². The van der Waals surface area contributed by atoms with Crippen LogP contribution in [0, 0.1) is 0 Å². The molecule has 2 aromatic carbocycles. The number of rotatable bonds is 8. The van der Waals surface area contributed by atoms with E-state index in [4.69, 9.17) is 14.9 Å². The van der Waals surface area contributed by atoms with E-state index in [9.17, 15) is 0 Å². The molecule has 0 aromatic heterocycles. The van der Waals surface area contributed by atoms with Crippen LogP contribution < -0.4 is 4.74 Å². The highest BCUT2D eigenvalue weighted by molar-refractivity contribution is 5.88. The molecule has 0 atom stereocenters. The number of hydrogen-bond donors (Lipinski definition) is 2. The van der Waals surface area contributed by atoms with Crippen LogP contribution in [-0.2, 0) is 0 Å². The first-order valence-electron chi connectivity index (χ1n) is 8.15. The molecule has 0 amide bonds. The van der Waals surface area contributed by atoms with Gasteiger partial charge in [0.2, 0.25) is 0 Å². The third kappa shape index (κ3) is 6.92. The second-order valence-corrected chi connectivity index (χ2v) is 5.19. The van der Waals surface area contributed by atoms with Crippen LogP contribution in [0.4, 0.5) is 0 Å². The maximum Gasteiger partial charge on any atom is 0.127 e. The van der Waals surface area contributed by atoms with Crippen LogP contribution in [0.3, 0.4) is 0 Å². The average Bonchev–Trinajstić information content (AvgIpc) is 2.56. The van der Waals surface area contributed by atoms with Gasteiger partial charge in [0.1, 0.15) is 5.75 Å². The third-order valence-corrected chi connectivity index (χ3v) is 3.32. The molecule has 0 aliphatic carbocycles. The normalized spacial score (nSPS) is 10.1. The highest BCUT2D eigenvalue weighted by atomic mass is 16.5. The zero-order chi connectivity index (χ0) is 16.0. The minimum Gasteiger partial charge on any atom is -0.493 e. The second-order valence-electron chi connectivity index (χ2n) is 5.19. The number of ether oxygens (including phenoxy) is 1. The minimum absolute atomic E-state index is 0.250. The van der Waals surface area contributed by atoms with Gasteiger partial charge in [0.15, 0.2) is 0 Å². The van der Waals surface area contributed by atoms with Crippen LogP contribution in [-0.4, -0.2) is 30.0 Å². The molecule has 122 valence electrons. The molecule has 2 rings (SSSR count). The van der Waals surface area contributed by atoms with Crippen molar-refractivity contribution < 1.29 is 14.9 Å². The Bertz CT molecular complexity index is 502. The third-order valence-electron chi connectivity index (χ3n) is 3.32. The zero-order valence-corrected chi connectivity index (χ0v) is 13.5. The largest absolute Gasteiger partial charge is 0.493 e. The fraction of sp³-hybridized carbons (Fsp3) is 0.474. The quantitative estimate of drug-likeness (QED) is 0.720. The van der Waals surface area contributed by atoms with Crippen molar-refractivity contribution in [1.29, 1.82) is 0 Å². The number of unbranched alkanes of at least 4 members (excludes halogenated alkanes) is 3. The van der Waals surface area contributed by atoms with Gasteiger partial charge in [0.05, 0.1) is 6.61 Å². The number of aliphatic hydroxyl groups is 2. The van der Waals surface area contributed by atoms with Crippen molar-refractivity contribution in [2.45, 2.75) is 39.0 Å². The second kappa shape index (κ2) is 12.0. The van der Waals surface area contributed by atoms with Crippen molar-refractivity contribution in [3.8, 4) is 5.75 Å². The molecule has 3 heteroatoms. The monoisotopic (exact) mass is 304 g/mol. The fourth-order valence-electron chi connectivity index (χ4n) is 2.05. The van der Waals surface area contributed by atoms with E-state index >= 15 is 0 Å². The summed E-state index contributed by atoms with van der Waals surface area (Å²) in [6.07, 6.45) is 4.86. The molecule has 0 radical (unpaired) electrons. The first-order chi connectivity index (χ1) is 10.8. The van der Waals surface area contributed by atoms with Gasteiger partial charge in [-0.15, -0.1) is 0 Å². The first kappa shape index (κ1) is 18.5. The van der Waals surface area contributed by atoms with Crippen LogP contribution in [0.15, 0.2) is 42.5 Å². The summed E-state index contributed by atoms with van der Waals surface area (Å²) in [5.41, 5.74) is 0. The van der Waals surface area contributed by atoms with Crippen LogP contribution in [0.25, 0.3) is 10.8 Å². The van der Waals surface area contributed by atoms with Gasteiger partial charge in [-0.1, -0.05) is 49.7 Å². The highest BCUT2D eigenvalue weighted by Gasteiger charge is 1.99. The van der Waals surface area contributed by atoms with Gasteiger partial charge in [-0.3, -0.25) is 0 Å². The minimum atomic E-state index is 0.250. The molecule has 0 bridgehead atoms.